The van der Waals surface area contributed by atoms with Crippen molar-refractivity contribution < 1.29 is 4.79 Å². The summed E-state index contributed by atoms with van der Waals surface area (Å²) in [5.41, 5.74) is 1.66. The van der Waals surface area contributed by atoms with Crippen LogP contribution in [0.5, 0.6) is 0 Å². The molecular formula is C19H20ClNO. The Morgan fingerprint density at radius 1 is 0.909 bits per heavy atom. The van der Waals surface area contributed by atoms with E-state index in [2.05, 4.69) is 4.90 Å². The number of nitrogens with zero attached hydrogens (tertiary/aromatic N) is 1. The molecule has 1 saturated heterocycles. The van der Waals surface area contributed by atoms with Crippen molar-refractivity contribution >= 4 is 17.4 Å². The Morgan fingerprint density at radius 2 is 1.55 bits per heavy atom. The summed E-state index contributed by atoms with van der Waals surface area (Å²) in [6.45, 7) is 1.94. The molecule has 114 valence electrons. The van der Waals surface area contributed by atoms with E-state index in [1.54, 1.807) is 6.07 Å². The van der Waals surface area contributed by atoms with Crippen LogP contribution >= 0.6 is 11.6 Å². The Hall–Kier alpha value is -1.64. The third-order valence-corrected chi connectivity index (χ3v) is 4.59. The van der Waals surface area contributed by atoms with Gasteiger partial charge in [0.05, 0.1) is 11.1 Å². The first-order valence-electron chi connectivity index (χ1n) is 7.85. The van der Waals surface area contributed by atoms with E-state index in [1.165, 1.54) is 6.42 Å². The fourth-order valence-corrected chi connectivity index (χ4v) is 3.38. The average Bonchev–Trinajstić information content (AvgIpc) is 2.57. The van der Waals surface area contributed by atoms with Gasteiger partial charge in [-0.15, -0.1) is 0 Å². The van der Waals surface area contributed by atoms with Gasteiger partial charge in [-0.2, -0.15) is 0 Å². The predicted octanol–water partition coefficient (Wildman–Crippen LogP) is 4.75. The van der Waals surface area contributed by atoms with Gasteiger partial charge >= 0.3 is 0 Å². The molecule has 0 amide bonds. The Bertz CT molecular complexity index is 635. The van der Waals surface area contributed by atoms with Crippen molar-refractivity contribution in [1.29, 1.82) is 0 Å². The fourth-order valence-electron chi connectivity index (χ4n) is 3.15. The van der Waals surface area contributed by atoms with Crippen molar-refractivity contribution in [3.8, 4) is 0 Å². The zero-order valence-corrected chi connectivity index (χ0v) is 13.3. The summed E-state index contributed by atoms with van der Waals surface area (Å²) < 4.78 is 0. The highest BCUT2D eigenvalue weighted by atomic mass is 35.5. The monoisotopic (exact) mass is 313 g/mol. The lowest BCUT2D eigenvalue weighted by molar-refractivity contribution is 0.0783. The van der Waals surface area contributed by atoms with E-state index >= 15 is 0 Å². The molecule has 2 aromatic carbocycles. The Balaban J connectivity index is 1.98. The summed E-state index contributed by atoms with van der Waals surface area (Å²) in [4.78, 5) is 15.4. The van der Waals surface area contributed by atoms with Crippen molar-refractivity contribution in [3.63, 3.8) is 0 Å². The van der Waals surface area contributed by atoms with Crippen LogP contribution < -0.4 is 0 Å². The molecule has 1 atom stereocenters. The normalized spacial score (nSPS) is 17.1. The molecule has 0 aliphatic carbocycles. The average molecular weight is 314 g/mol. The van der Waals surface area contributed by atoms with Gasteiger partial charge in [0.1, 0.15) is 0 Å². The van der Waals surface area contributed by atoms with Crippen LogP contribution in [0.25, 0.3) is 0 Å². The molecule has 3 heteroatoms. The van der Waals surface area contributed by atoms with E-state index in [4.69, 9.17) is 11.6 Å². The lowest BCUT2D eigenvalue weighted by Gasteiger charge is -2.34. The number of rotatable bonds is 4. The highest BCUT2D eigenvalue weighted by molar-refractivity contribution is 6.34. The third kappa shape index (κ3) is 3.23. The fraction of sp³-hybridized carbons (Fsp3) is 0.316. The van der Waals surface area contributed by atoms with Gasteiger partial charge < -0.3 is 0 Å². The number of carbonyl (C=O) groups is 1. The summed E-state index contributed by atoms with van der Waals surface area (Å²) in [6, 6.07) is 17.1. The number of carbonyl (C=O) groups excluding carboxylic acids is 1. The van der Waals surface area contributed by atoms with Gasteiger partial charge in [0.2, 0.25) is 0 Å². The van der Waals surface area contributed by atoms with Crippen LogP contribution in [-0.2, 0) is 0 Å². The third-order valence-electron chi connectivity index (χ3n) is 4.26. The van der Waals surface area contributed by atoms with Crippen LogP contribution in [0.3, 0.4) is 0 Å². The number of hydrogen-bond acceptors (Lipinski definition) is 2. The summed E-state index contributed by atoms with van der Waals surface area (Å²) >= 11 is 6.25. The maximum Gasteiger partial charge on any atom is 0.185 e. The molecular weight excluding hydrogens is 294 g/mol. The second-order valence-corrected chi connectivity index (χ2v) is 6.16. The minimum Gasteiger partial charge on any atom is -0.292 e. The summed E-state index contributed by atoms with van der Waals surface area (Å²) in [5, 5.41) is 0.533. The number of halogens is 1. The number of hydrogen-bond donors (Lipinski definition) is 0. The lowest BCUT2D eigenvalue weighted by Crippen LogP contribution is -2.38. The van der Waals surface area contributed by atoms with Crippen LogP contribution in [-0.4, -0.2) is 23.8 Å². The van der Waals surface area contributed by atoms with Crippen molar-refractivity contribution in [3.05, 3.63) is 70.7 Å². The first-order chi connectivity index (χ1) is 10.8. The zero-order valence-electron chi connectivity index (χ0n) is 12.5. The van der Waals surface area contributed by atoms with Crippen molar-refractivity contribution in [2.75, 3.05) is 13.1 Å². The maximum atomic E-state index is 13.1. The minimum absolute atomic E-state index is 0.0960. The quantitative estimate of drug-likeness (QED) is 0.759. The number of likely N-dealkylation sites (tertiary alicyclic amines) is 1. The molecule has 2 aromatic rings. The van der Waals surface area contributed by atoms with Gasteiger partial charge in [-0.1, -0.05) is 60.5 Å². The molecule has 22 heavy (non-hydrogen) atoms. The lowest BCUT2D eigenvalue weighted by atomic mass is 9.94. The first-order valence-corrected chi connectivity index (χ1v) is 8.23. The molecule has 3 rings (SSSR count). The largest absolute Gasteiger partial charge is 0.292 e. The molecule has 1 heterocycles. The summed E-state index contributed by atoms with van der Waals surface area (Å²) in [5.74, 6) is 0.0960. The second-order valence-electron chi connectivity index (χ2n) is 5.75. The zero-order chi connectivity index (χ0) is 15.4. The number of Topliss-reactive ketones (excluding diaryl/α,β-unsaturated/α-hetero) is 1. The SMILES string of the molecule is O=C(c1ccccc1Cl)C(c1ccccc1)N1CCCCC1. The van der Waals surface area contributed by atoms with Crippen LogP contribution in [0.4, 0.5) is 0 Å². The van der Waals surface area contributed by atoms with Gasteiger partial charge in [0.25, 0.3) is 0 Å². The van der Waals surface area contributed by atoms with Crippen LogP contribution in [0.1, 0.15) is 41.2 Å². The molecule has 1 aliphatic heterocycles. The molecule has 0 bridgehead atoms. The highest BCUT2D eigenvalue weighted by Gasteiger charge is 2.30. The molecule has 0 aromatic heterocycles. The van der Waals surface area contributed by atoms with Crippen molar-refractivity contribution in [2.45, 2.75) is 25.3 Å². The first kappa shape index (κ1) is 15.3. The molecule has 1 fully saturated rings. The Labute approximate surface area is 136 Å². The van der Waals surface area contributed by atoms with Gasteiger partial charge in [-0.25, -0.2) is 0 Å². The van der Waals surface area contributed by atoms with E-state index in [1.807, 2.05) is 48.5 Å². The molecule has 0 N–H and O–H groups in total. The van der Waals surface area contributed by atoms with Gasteiger partial charge in [0, 0.05) is 5.56 Å². The Kier molecular flexibility index (Phi) is 4.91. The Morgan fingerprint density at radius 3 is 2.23 bits per heavy atom. The molecule has 2 nitrogen and oxygen atoms in total. The summed E-state index contributed by atoms with van der Waals surface area (Å²) in [7, 11) is 0. The maximum absolute atomic E-state index is 13.1. The number of benzene rings is 2. The van der Waals surface area contributed by atoms with Crippen molar-refractivity contribution in [1.82, 2.24) is 4.90 Å². The van der Waals surface area contributed by atoms with E-state index in [0.29, 0.717) is 10.6 Å². The van der Waals surface area contributed by atoms with Crippen LogP contribution in [0.2, 0.25) is 5.02 Å². The molecule has 1 aliphatic rings. The van der Waals surface area contributed by atoms with Crippen LogP contribution in [0.15, 0.2) is 54.6 Å². The standard InChI is InChI=1S/C19H20ClNO/c20-17-12-6-5-11-16(17)19(22)18(15-9-3-1-4-10-15)21-13-7-2-8-14-21/h1,3-6,9-12,18H,2,7-8,13-14H2. The van der Waals surface area contributed by atoms with Gasteiger partial charge in [-0.3, -0.25) is 9.69 Å². The topological polar surface area (TPSA) is 20.3 Å². The van der Waals surface area contributed by atoms with Crippen molar-refractivity contribution in [2.24, 2.45) is 0 Å². The van der Waals surface area contributed by atoms with E-state index in [0.717, 1.165) is 31.5 Å². The second kappa shape index (κ2) is 7.08. The van der Waals surface area contributed by atoms with Crippen LogP contribution in [0, 0.1) is 0 Å². The van der Waals surface area contributed by atoms with E-state index < -0.39 is 0 Å². The highest BCUT2D eigenvalue weighted by Crippen LogP contribution is 2.30. The van der Waals surface area contributed by atoms with E-state index in [-0.39, 0.29) is 11.8 Å². The molecule has 0 radical (unpaired) electrons. The number of piperidine rings is 1. The molecule has 0 saturated carbocycles. The smallest absolute Gasteiger partial charge is 0.185 e. The van der Waals surface area contributed by atoms with Gasteiger partial charge in [-0.05, 0) is 43.6 Å². The summed E-state index contributed by atoms with van der Waals surface area (Å²) in [6.07, 6.45) is 3.55. The van der Waals surface area contributed by atoms with Gasteiger partial charge in [0.15, 0.2) is 5.78 Å². The predicted molar refractivity (Wildman–Crippen MR) is 90.4 cm³/mol. The van der Waals surface area contributed by atoms with E-state index in [9.17, 15) is 4.79 Å². The minimum atomic E-state index is -0.235. The number of ketones is 1. The molecule has 0 spiro atoms. The molecule has 1 unspecified atom stereocenters.